The van der Waals surface area contributed by atoms with Crippen LogP contribution >= 0.6 is 0 Å². The molecule has 38 heavy (non-hydrogen) atoms. The SMILES string of the molecule is O=C(N1CC[C@@H](CN2C(=O)C3(CC3)N=C2c2ccc(C3=CC=C(C4CC=NN4)CC3)cc2F)C1)C1(O)CC1. The number of aliphatic hydroxyl groups is 1. The molecule has 2 amide bonds. The molecule has 1 unspecified atom stereocenters. The first kappa shape index (κ1) is 23.8. The molecule has 3 aliphatic heterocycles. The molecule has 0 radical (unpaired) electrons. The van der Waals surface area contributed by atoms with Gasteiger partial charge in [0.05, 0.1) is 11.6 Å². The van der Waals surface area contributed by atoms with Crippen LogP contribution in [0.3, 0.4) is 0 Å². The van der Waals surface area contributed by atoms with Gasteiger partial charge in [-0.05, 0) is 79.7 Å². The fraction of sp³-hybridized carbons (Fsp3) is 0.517. The summed E-state index contributed by atoms with van der Waals surface area (Å²) in [5, 5.41) is 14.3. The van der Waals surface area contributed by atoms with Crippen molar-refractivity contribution in [1.82, 2.24) is 15.2 Å². The highest BCUT2D eigenvalue weighted by atomic mass is 19.1. The summed E-state index contributed by atoms with van der Waals surface area (Å²) in [6.07, 6.45) is 11.9. The first-order valence-corrected chi connectivity index (χ1v) is 13.8. The van der Waals surface area contributed by atoms with Crippen LogP contribution in [0.2, 0.25) is 0 Å². The number of aliphatic imine (C=N–C) groups is 1. The molecule has 1 aromatic carbocycles. The predicted octanol–water partition coefficient (Wildman–Crippen LogP) is 2.77. The van der Waals surface area contributed by atoms with E-state index in [2.05, 4.69) is 22.7 Å². The third-order valence-corrected chi connectivity index (χ3v) is 8.95. The molecule has 2 atom stereocenters. The van der Waals surface area contributed by atoms with Crippen molar-refractivity contribution in [3.63, 3.8) is 0 Å². The number of hydrogen-bond acceptors (Lipinski definition) is 6. The molecule has 1 saturated heterocycles. The van der Waals surface area contributed by atoms with E-state index in [1.807, 2.05) is 12.3 Å². The smallest absolute Gasteiger partial charge is 0.256 e. The van der Waals surface area contributed by atoms with Crippen molar-refractivity contribution >= 4 is 29.4 Å². The molecule has 2 saturated carbocycles. The summed E-state index contributed by atoms with van der Waals surface area (Å²) in [6.45, 7) is 1.48. The molecule has 6 aliphatic rings. The molecular formula is C29H32FN5O3. The number of halogens is 1. The van der Waals surface area contributed by atoms with E-state index in [9.17, 15) is 14.7 Å². The van der Waals surface area contributed by atoms with E-state index in [1.54, 1.807) is 21.9 Å². The van der Waals surface area contributed by atoms with Crippen molar-refractivity contribution in [2.75, 3.05) is 19.6 Å². The van der Waals surface area contributed by atoms with Crippen LogP contribution in [0, 0.1) is 11.7 Å². The molecule has 3 heterocycles. The van der Waals surface area contributed by atoms with E-state index in [4.69, 9.17) is 4.99 Å². The number of allylic oxidation sites excluding steroid dienone is 3. The summed E-state index contributed by atoms with van der Waals surface area (Å²) in [5.41, 5.74) is 4.81. The highest BCUT2D eigenvalue weighted by molar-refractivity contribution is 6.16. The van der Waals surface area contributed by atoms with Crippen LogP contribution in [-0.2, 0) is 9.59 Å². The summed E-state index contributed by atoms with van der Waals surface area (Å²) >= 11 is 0. The van der Waals surface area contributed by atoms with Crippen molar-refractivity contribution in [3.8, 4) is 0 Å². The zero-order valence-corrected chi connectivity index (χ0v) is 21.3. The van der Waals surface area contributed by atoms with Gasteiger partial charge in [-0.25, -0.2) is 4.39 Å². The van der Waals surface area contributed by atoms with Crippen molar-refractivity contribution in [2.24, 2.45) is 16.0 Å². The molecule has 8 nitrogen and oxygen atoms in total. The van der Waals surface area contributed by atoms with E-state index in [1.165, 1.54) is 5.57 Å². The molecule has 198 valence electrons. The zero-order valence-electron chi connectivity index (χ0n) is 21.3. The second kappa shape index (κ2) is 8.59. The van der Waals surface area contributed by atoms with E-state index < -0.39 is 11.1 Å². The Morgan fingerprint density at radius 1 is 1.18 bits per heavy atom. The molecule has 2 N–H and O–H groups in total. The summed E-state index contributed by atoms with van der Waals surface area (Å²) in [6, 6.07) is 5.50. The average molecular weight is 518 g/mol. The minimum Gasteiger partial charge on any atom is -0.380 e. The second-order valence-electron chi connectivity index (χ2n) is 11.7. The third kappa shape index (κ3) is 3.99. The van der Waals surface area contributed by atoms with Gasteiger partial charge in [-0.2, -0.15) is 5.10 Å². The van der Waals surface area contributed by atoms with Crippen LogP contribution in [0.5, 0.6) is 0 Å². The van der Waals surface area contributed by atoms with Gasteiger partial charge in [-0.1, -0.05) is 18.2 Å². The number of benzene rings is 1. The van der Waals surface area contributed by atoms with Crippen molar-refractivity contribution in [1.29, 1.82) is 0 Å². The monoisotopic (exact) mass is 517 g/mol. The Morgan fingerprint density at radius 3 is 2.68 bits per heavy atom. The zero-order chi connectivity index (χ0) is 26.1. The number of amides is 2. The molecule has 3 aliphatic carbocycles. The first-order valence-electron chi connectivity index (χ1n) is 13.8. The Hall–Kier alpha value is -3.33. The Kier molecular flexibility index (Phi) is 5.37. The molecule has 9 heteroatoms. The van der Waals surface area contributed by atoms with Gasteiger partial charge in [0, 0.05) is 32.3 Å². The largest absolute Gasteiger partial charge is 0.380 e. The minimum absolute atomic E-state index is 0.0567. The number of nitrogens with one attached hydrogen (secondary N) is 1. The predicted molar refractivity (Wildman–Crippen MR) is 141 cm³/mol. The number of amidine groups is 1. The molecule has 0 aromatic heterocycles. The van der Waals surface area contributed by atoms with Crippen molar-refractivity contribution in [2.45, 2.75) is 68.5 Å². The average Bonchev–Trinajstić information content (AvgIpc) is 3.68. The maximum atomic E-state index is 15.6. The number of carbonyl (C=O) groups excluding carboxylic acids is 2. The van der Waals surface area contributed by atoms with E-state index >= 15 is 4.39 Å². The van der Waals surface area contributed by atoms with Crippen molar-refractivity contribution < 1.29 is 19.1 Å². The Bertz CT molecular complexity index is 1330. The molecule has 7 rings (SSSR count). The lowest BCUT2D eigenvalue weighted by atomic mass is 9.89. The highest BCUT2D eigenvalue weighted by Crippen LogP contribution is 2.47. The van der Waals surface area contributed by atoms with Gasteiger partial charge >= 0.3 is 0 Å². The summed E-state index contributed by atoms with van der Waals surface area (Å²) in [7, 11) is 0. The van der Waals surface area contributed by atoms with Gasteiger partial charge in [0.15, 0.2) is 0 Å². The van der Waals surface area contributed by atoms with E-state index in [0.29, 0.717) is 56.7 Å². The molecular weight excluding hydrogens is 485 g/mol. The molecule has 0 bridgehead atoms. The Labute approximate surface area is 221 Å². The summed E-state index contributed by atoms with van der Waals surface area (Å²) in [4.78, 5) is 34.0. The lowest BCUT2D eigenvalue weighted by molar-refractivity contribution is -0.141. The van der Waals surface area contributed by atoms with E-state index in [0.717, 1.165) is 36.8 Å². The second-order valence-corrected chi connectivity index (χ2v) is 11.7. The number of likely N-dealkylation sites (tertiary alicyclic amines) is 1. The highest BCUT2D eigenvalue weighted by Gasteiger charge is 2.58. The number of hydrogen-bond donors (Lipinski definition) is 2. The fourth-order valence-electron chi connectivity index (χ4n) is 6.20. The molecule has 1 spiro atoms. The molecule has 1 aromatic rings. The van der Waals surface area contributed by atoms with E-state index in [-0.39, 0.29) is 29.6 Å². The quantitative estimate of drug-likeness (QED) is 0.607. The lowest BCUT2D eigenvalue weighted by Gasteiger charge is -2.24. The maximum absolute atomic E-state index is 15.6. The van der Waals surface area contributed by atoms with Gasteiger partial charge in [-0.15, -0.1) is 0 Å². The van der Waals surface area contributed by atoms with Gasteiger partial charge in [-0.3, -0.25) is 19.5 Å². The number of carbonyl (C=O) groups is 2. The normalized spacial score (nSPS) is 28.4. The van der Waals surface area contributed by atoms with Gasteiger partial charge in [0.1, 0.15) is 22.8 Å². The topological polar surface area (TPSA) is 97.6 Å². The van der Waals surface area contributed by atoms with Crippen molar-refractivity contribution in [3.05, 3.63) is 52.9 Å². The third-order valence-electron chi connectivity index (χ3n) is 8.95. The van der Waals surface area contributed by atoms with Gasteiger partial charge in [0.25, 0.3) is 11.8 Å². The van der Waals surface area contributed by atoms with Crippen LogP contribution < -0.4 is 5.43 Å². The number of nitrogens with zero attached hydrogens (tertiary/aromatic N) is 4. The van der Waals surface area contributed by atoms with Crippen LogP contribution in [0.4, 0.5) is 4.39 Å². The Balaban J connectivity index is 1.09. The van der Waals surface area contributed by atoms with Crippen LogP contribution in [0.25, 0.3) is 5.57 Å². The number of rotatable bonds is 6. The molecule has 3 fully saturated rings. The standard InChI is InChI=1S/C29H32FN5O3/c30-23-15-21(19-1-3-20(4-2-19)24-7-13-31-33-24)5-6-22(23)25-32-28(9-10-28)26(36)35(25)17-18-8-14-34(16-18)27(37)29(38)11-12-29/h1,3,5-6,13,15,18,24,33,38H,2,4,7-12,14,16-17H2/t18-,24?/m1/s1. The fourth-order valence-corrected chi connectivity index (χ4v) is 6.20. The number of hydrazone groups is 1. The van der Waals surface area contributed by atoms with Crippen LogP contribution in [-0.4, -0.2) is 75.6 Å². The van der Waals surface area contributed by atoms with Gasteiger partial charge < -0.3 is 15.4 Å². The maximum Gasteiger partial charge on any atom is 0.256 e. The summed E-state index contributed by atoms with van der Waals surface area (Å²) in [5.74, 6) is -0.154. The minimum atomic E-state index is -1.18. The van der Waals surface area contributed by atoms with Gasteiger partial charge in [0.2, 0.25) is 0 Å². The van der Waals surface area contributed by atoms with Crippen LogP contribution in [0.15, 0.2) is 46.0 Å². The summed E-state index contributed by atoms with van der Waals surface area (Å²) < 4.78 is 15.6. The first-order chi connectivity index (χ1) is 18.4. The van der Waals surface area contributed by atoms with Crippen LogP contribution in [0.1, 0.15) is 62.5 Å². The Morgan fingerprint density at radius 2 is 2.03 bits per heavy atom. The lowest BCUT2D eigenvalue weighted by Crippen LogP contribution is -2.42.